The first kappa shape index (κ1) is 14.5. The average Bonchev–Trinajstić information content (AvgIpc) is 2.87. The molecule has 1 aromatic carbocycles. The zero-order chi connectivity index (χ0) is 13.5. The van der Waals surface area contributed by atoms with Crippen molar-refractivity contribution < 1.29 is 4.74 Å². The standard InChI is InChI=1S/C14H18IN3O/c1-2-3-8-19-9-7-18-11-16-14(17-18)12-5-4-6-13(15)10-12/h4-6,10-11H,2-3,7-9H2,1H3. The molecule has 0 saturated carbocycles. The second-order valence-corrected chi connectivity index (χ2v) is 5.55. The first-order valence-electron chi connectivity index (χ1n) is 6.52. The molecule has 0 atom stereocenters. The lowest BCUT2D eigenvalue weighted by molar-refractivity contribution is 0.121. The molecule has 19 heavy (non-hydrogen) atoms. The summed E-state index contributed by atoms with van der Waals surface area (Å²) in [4.78, 5) is 4.34. The number of benzene rings is 1. The fourth-order valence-corrected chi connectivity index (χ4v) is 2.21. The predicted octanol–water partition coefficient (Wildman–Crippen LogP) is 3.37. The Morgan fingerprint density at radius 1 is 1.32 bits per heavy atom. The van der Waals surface area contributed by atoms with E-state index in [0.717, 1.165) is 31.0 Å². The molecular formula is C14H18IN3O. The van der Waals surface area contributed by atoms with Crippen molar-refractivity contribution in [2.45, 2.75) is 26.3 Å². The molecule has 0 amide bonds. The summed E-state index contributed by atoms with van der Waals surface area (Å²) in [6, 6.07) is 8.19. The molecule has 0 saturated heterocycles. The third-order valence-corrected chi connectivity index (χ3v) is 3.40. The molecule has 0 N–H and O–H groups in total. The zero-order valence-corrected chi connectivity index (χ0v) is 13.2. The molecule has 0 fully saturated rings. The van der Waals surface area contributed by atoms with Gasteiger partial charge in [0.1, 0.15) is 6.33 Å². The van der Waals surface area contributed by atoms with E-state index in [1.807, 2.05) is 16.8 Å². The number of halogens is 1. The summed E-state index contributed by atoms with van der Waals surface area (Å²) in [6.07, 6.45) is 4.05. The third kappa shape index (κ3) is 4.58. The van der Waals surface area contributed by atoms with Gasteiger partial charge in [-0.3, -0.25) is 4.68 Å². The molecule has 1 heterocycles. The Hall–Kier alpha value is -0.950. The van der Waals surface area contributed by atoms with E-state index in [-0.39, 0.29) is 0 Å². The van der Waals surface area contributed by atoms with Gasteiger partial charge in [-0.05, 0) is 41.1 Å². The van der Waals surface area contributed by atoms with Crippen LogP contribution in [-0.4, -0.2) is 28.0 Å². The number of hydrogen-bond acceptors (Lipinski definition) is 3. The maximum atomic E-state index is 5.52. The minimum absolute atomic E-state index is 0.690. The number of nitrogens with zero attached hydrogens (tertiary/aromatic N) is 3. The Bertz CT molecular complexity index is 513. The number of aromatic nitrogens is 3. The highest BCUT2D eigenvalue weighted by Crippen LogP contribution is 2.16. The lowest BCUT2D eigenvalue weighted by Crippen LogP contribution is -2.07. The van der Waals surface area contributed by atoms with Gasteiger partial charge in [-0.15, -0.1) is 0 Å². The van der Waals surface area contributed by atoms with Crippen LogP contribution in [0.5, 0.6) is 0 Å². The third-order valence-electron chi connectivity index (χ3n) is 2.73. The monoisotopic (exact) mass is 371 g/mol. The number of unbranched alkanes of at least 4 members (excludes halogenated alkanes) is 1. The fourth-order valence-electron chi connectivity index (χ4n) is 1.67. The molecule has 1 aromatic heterocycles. The largest absolute Gasteiger partial charge is 0.380 e. The molecule has 0 radical (unpaired) electrons. The number of hydrogen-bond donors (Lipinski definition) is 0. The lowest BCUT2D eigenvalue weighted by atomic mass is 10.2. The van der Waals surface area contributed by atoms with Crippen molar-refractivity contribution >= 4 is 22.6 Å². The summed E-state index contributed by atoms with van der Waals surface area (Å²) in [7, 11) is 0. The van der Waals surface area contributed by atoms with E-state index >= 15 is 0 Å². The van der Waals surface area contributed by atoms with Crippen LogP contribution in [0.3, 0.4) is 0 Å². The number of ether oxygens (including phenoxy) is 1. The maximum Gasteiger partial charge on any atom is 0.181 e. The molecular weight excluding hydrogens is 353 g/mol. The van der Waals surface area contributed by atoms with Crippen LogP contribution in [-0.2, 0) is 11.3 Å². The summed E-state index contributed by atoms with van der Waals surface area (Å²) in [6.45, 7) is 4.43. The van der Waals surface area contributed by atoms with Gasteiger partial charge in [-0.2, -0.15) is 5.10 Å². The maximum absolute atomic E-state index is 5.52. The first-order chi connectivity index (χ1) is 9.29. The van der Waals surface area contributed by atoms with Crippen molar-refractivity contribution in [3.8, 4) is 11.4 Å². The van der Waals surface area contributed by atoms with Crippen LogP contribution in [0, 0.1) is 3.57 Å². The van der Waals surface area contributed by atoms with Crippen molar-refractivity contribution in [2.24, 2.45) is 0 Å². The second kappa shape index (κ2) is 7.59. The molecule has 0 bridgehead atoms. The van der Waals surface area contributed by atoms with E-state index in [1.165, 1.54) is 9.99 Å². The van der Waals surface area contributed by atoms with E-state index in [4.69, 9.17) is 4.74 Å². The Kier molecular flexibility index (Phi) is 5.78. The summed E-state index contributed by atoms with van der Waals surface area (Å²) in [5.41, 5.74) is 1.05. The average molecular weight is 371 g/mol. The van der Waals surface area contributed by atoms with Crippen LogP contribution in [0.4, 0.5) is 0 Å². The normalized spacial score (nSPS) is 10.8. The second-order valence-electron chi connectivity index (χ2n) is 4.31. The van der Waals surface area contributed by atoms with Crippen molar-refractivity contribution in [1.29, 1.82) is 0 Å². The minimum Gasteiger partial charge on any atom is -0.380 e. The van der Waals surface area contributed by atoms with Gasteiger partial charge < -0.3 is 4.74 Å². The van der Waals surface area contributed by atoms with E-state index in [2.05, 4.69) is 51.7 Å². The van der Waals surface area contributed by atoms with Crippen molar-refractivity contribution in [1.82, 2.24) is 14.8 Å². The van der Waals surface area contributed by atoms with Crippen LogP contribution in [0.2, 0.25) is 0 Å². The summed E-state index contributed by atoms with van der Waals surface area (Å²) >= 11 is 2.29. The Balaban J connectivity index is 1.88. The smallest absolute Gasteiger partial charge is 0.181 e. The Morgan fingerprint density at radius 3 is 3.00 bits per heavy atom. The van der Waals surface area contributed by atoms with Gasteiger partial charge >= 0.3 is 0 Å². The quantitative estimate of drug-likeness (QED) is 0.554. The molecule has 2 rings (SSSR count). The van der Waals surface area contributed by atoms with E-state index in [0.29, 0.717) is 6.61 Å². The molecule has 102 valence electrons. The highest BCUT2D eigenvalue weighted by Gasteiger charge is 2.04. The Morgan fingerprint density at radius 2 is 2.21 bits per heavy atom. The Labute approximate surface area is 127 Å². The van der Waals surface area contributed by atoms with Gasteiger partial charge in [0.2, 0.25) is 0 Å². The number of rotatable bonds is 7. The van der Waals surface area contributed by atoms with Crippen molar-refractivity contribution in [3.63, 3.8) is 0 Å². The van der Waals surface area contributed by atoms with Gasteiger partial charge in [0.25, 0.3) is 0 Å². The predicted molar refractivity (Wildman–Crippen MR) is 83.9 cm³/mol. The summed E-state index contributed by atoms with van der Waals surface area (Å²) in [5.74, 6) is 0.770. The topological polar surface area (TPSA) is 39.9 Å². The van der Waals surface area contributed by atoms with E-state index in [1.54, 1.807) is 6.33 Å². The van der Waals surface area contributed by atoms with Gasteiger partial charge in [0, 0.05) is 15.7 Å². The summed E-state index contributed by atoms with van der Waals surface area (Å²) in [5, 5.41) is 4.46. The molecule has 5 heteroatoms. The van der Waals surface area contributed by atoms with Gasteiger partial charge in [0.15, 0.2) is 5.82 Å². The zero-order valence-electron chi connectivity index (χ0n) is 11.1. The molecule has 0 aliphatic rings. The molecule has 0 spiro atoms. The van der Waals surface area contributed by atoms with Crippen LogP contribution in [0.15, 0.2) is 30.6 Å². The van der Waals surface area contributed by atoms with Gasteiger partial charge in [-0.25, -0.2) is 4.98 Å². The van der Waals surface area contributed by atoms with Crippen LogP contribution in [0.1, 0.15) is 19.8 Å². The van der Waals surface area contributed by atoms with Gasteiger partial charge in [-0.1, -0.05) is 25.5 Å². The van der Waals surface area contributed by atoms with Crippen molar-refractivity contribution in [2.75, 3.05) is 13.2 Å². The summed E-state index contributed by atoms with van der Waals surface area (Å²) < 4.78 is 8.55. The fraction of sp³-hybridized carbons (Fsp3) is 0.429. The molecule has 0 aliphatic heterocycles. The first-order valence-corrected chi connectivity index (χ1v) is 7.60. The van der Waals surface area contributed by atoms with Crippen molar-refractivity contribution in [3.05, 3.63) is 34.2 Å². The van der Waals surface area contributed by atoms with Crippen LogP contribution in [0.25, 0.3) is 11.4 Å². The highest BCUT2D eigenvalue weighted by atomic mass is 127. The molecule has 0 unspecified atom stereocenters. The minimum atomic E-state index is 0.690. The van der Waals surface area contributed by atoms with E-state index < -0.39 is 0 Å². The van der Waals surface area contributed by atoms with Crippen LogP contribution >= 0.6 is 22.6 Å². The molecule has 2 aromatic rings. The lowest BCUT2D eigenvalue weighted by Gasteiger charge is -2.02. The van der Waals surface area contributed by atoms with Crippen LogP contribution < -0.4 is 0 Å². The van der Waals surface area contributed by atoms with E-state index in [9.17, 15) is 0 Å². The molecule has 4 nitrogen and oxygen atoms in total. The highest BCUT2D eigenvalue weighted by molar-refractivity contribution is 14.1. The molecule has 0 aliphatic carbocycles. The van der Waals surface area contributed by atoms with Gasteiger partial charge in [0.05, 0.1) is 13.2 Å². The SMILES string of the molecule is CCCCOCCn1cnc(-c2cccc(I)c2)n1.